The van der Waals surface area contributed by atoms with Crippen molar-refractivity contribution in [2.45, 2.75) is 31.8 Å². The van der Waals surface area contributed by atoms with Crippen molar-refractivity contribution in [1.82, 2.24) is 0 Å². The lowest BCUT2D eigenvalue weighted by molar-refractivity contribution is -0.147. The number of phenols is 1. The van der Waals surface area contributed by atoms with E-state index < -0.39 is 58.4 Å². The number of aliphatic hydroxyl groups excluding tert-OH is 2. The summed E-state index contributed by atoms with van der Waals surface area (Å²) in [6, 6.07) is 6.52. The predicted octanol–water partition coefficient (Wildman–Crippen LogP) is 2.22. The molecule has 10 heteroatoms. The molecule has 0 radical (unpaired) electrons. The molecule has 2 aromatic rings. The molecule has 38 heavy (non-hydrogen) atoms. The number of aromatic hydroxyl groups is 1. The maximum Gasteiger partial charge on any atom is 0.255 e. The number of methoxy groups -OCH3 is 1. The Bertz CT molecular complexity index is 1530. The highest BCUT2D eigenvalue weighted by atomic mass is 16.5. The van der Waals surface area contributed by atoms with Crippen molar-refractivity contribution >= 4 is 29.5 Å². The average Bonchev–Trinajstić information content (AvgIpc) is 2.87. The number of nitrogens with two attached hydrogens (primary N) is 1. The SMILES string of the molecule is COc1ccc(C=O)cc1-c1cc(C)c(O)c2c1C[C@H]1C[C@H]3CC(=O)C(C(N)=O)=C(O)[C@@]3(O)C(=O)C1=C2O. The van der Waals surface area contributed by atoms with E-state index in [2.05, 4.69) is 0 Å². The summed E-state index contributed by atoms with van der Waals surface area (Å²) < 4.78 is 5.50. The molecule has 0 spiro atoms. The number of ketones is 2. The number of phenolic OH excluding ortho intramolecular Hbond substituents is 1. The second-order valence-electron chi connectivity index (χ2n) is 9.93. The van der Waals surface area contributed by atoms with E-state index in [1.54, 1.807) is 31.2 Å². The quantitative estimate of drug-likeness (QED) is 0.298. The van der Waals surface area contributed by atoms with Crippen LogP contribution in [0, 0.1) is 18.8 Å². The van der Waals surface area contributed by atoms with Gasteiger partial charge in [-0.1, -0.05) is 0 Å². The van der Waals surface area contributed by atoms with Gasteiger partial charge in [-0.25, -0.2) is 0 Å². The van der Waals surface area contributed by atoms with E-state index in [9.17, 15) is 39.6 Å². The summed E-state index contributed by atoms with van der Waals surface area (Å²) in [7, 11) is 1.47. The number of fused-ring (bicyclic) bond motifs is 3. The third-order valence-corrected chi connectivity index (χ3v) is 7.90. The number of carbonyl (C=O) groups is 4. The van der Waals surface area contributed by atoms with Gasteiger partial charge < -0.3 is 30.9 Å². The van der Waals surface area contributed by atoms with Crippen LogP contribution in [0.5, 0.6) is 11.5 Å². The van der Waals surface area contributed by atoms with Crippen LogP contribution in [0.2, 0.25) is 0 Å². The molecule has 0 aromatic heterocycles. The minimum absolute atomic E-state index is 0.0164. The third kappa shape index (κ3) is 3.30. The van der Waals surface area contributed by atoms with Gasteiger partial charge in [-0.05, 0) is 66.6 Å². The Balaban J connectivity index is 1.76. The van der Waals surface area contributed by atoms with Crippen LogP contribution >= 0.6 is 0 Å². The highest BCUT2D eigenvalue weighted by Gasteiger charge is 2.60. The maximum atomic E-state index is 13.7. The second-order valence-corrected chi connectivity index (χ2v) is 9.93. The number of carbonyl (C=O) groups excluding carboxylic acids is 4. The van der Waals surface area contributed by atoms with E-state index in [1.807, 2.05) is 0 Å². The molecule has 0 bridgehead atoms. The Morgan fingerprint density at radius 3 is 2.47 bits per heavy atom. The lowest BCUT2D eigenvalue weighted by Gasteiger charge is -2.46. The molecule has 1 amide bonds. The predicted molar refractivity (Wildman–Crippen MR) is 133 cm³/mol. The van der Waals surface area contributed by atoms with Crippen molar-refractivity contribution in [1.29, 1.82) is 0 Å². The number of aryl methyl sites for hydroxylation is 1. The maximum absolute atomic E-state index is 13.7. The molecular formula is C28H25NO9. The number of primary amides is 1. The van der Waals surface area contributed by atoms with E-state index >= 15 is 0 Å². The van der Waals surface area contributed by atoms with Gasteiger partial charge in [-0.15, -0.1) is 0 Å². The average molecular weight is 520 g/mol. The molecule has 3 atom stereocenters. The van der Waals surface area contributed by atoms with Gasteiger partial charge in [0.2, 0.25) is 5.78 Å². The molecule has 3 aliphatic carbocycles. The summed E-state index contributed by atoms with van der Waals surface area (Å²) in [4.78, 5) is 49.5. The Kier molecular flexibility index (Phi) is 5.68. The van der Waals surface area contributed by atoms with Crippen molar-refractivity contribution in [3.05, 3.63) is 63.4 Å². The highest BCUT2D eigenvalue weighted by Crippen LogP contribution is 2.54. The summed E-state index contributed by atoms with van der Waals surface area (Å²) in [5.74, 6) is -6.40. The van der Waals surface area contributed by atoms with Crippen LogP contribution in [-0.4, -0.2) is 56.9 Å². The Morgan fingerprint density at radius 1 is 1.13 bits per heavy atom. The number of benzene rings is 2. The number of aliphatic hydroxyl groups is 3. The number of hydrogen-bond acceptors (Lipinski definition) is 9. The first-order valence-electron chi connectivity index (χ1n) is 11.9. The number of aldehydes is 1. The molecule has 2 aromatic carbocycles. The van der Waals surface area contributed by atoms with Crippen LogP contribution in [0.25, 0.3) is 16.9 Å². The van der Waals surface area contributed by atoms with Crippen molar-refractivity contribution in [3.8, 4) is 22.6 Å². The molecular weight excluding hydrogens is 494 g/mol. The fraction of sp³-hybridized carbons (Fsp3) is 0.286. The molecule has 6 N–H and O–H groups in total. The Hall–Kier alpha value is -4.44. The first-order chi connectivity index (χ1) is 17.9. The lowest BCUT2D eigenvalue weighted by Crippen LogP contribution is -2.58. The van der Waals surface area contributed by atoms with Gasteiger partial charge in [0.25, 0.3) is 5.91 Å². The first kappa shape index (κ1) is 25.2. The van der Waals surface area contributed by atoms with Crippen molar-refractivity contribution in [2.75, 3.05) is 7.11 Å². The van der Waals surface area contributed by atoms with Gasteiger partial charge in [0.1, 0.15) is 34.9 Å². The number of hydrogen-bond donors (Lipinski definition) is 5. The first-order valence-corrected chi connectivity index (χ1v) is 11.9. The van der Waals surface area contributed by atoms with Crippen LogP contribution in [-0.2, 0) is 20.8 Å². The van der Waals surface area contributed by atoms with E-state index in [0.29, 0.717) is 39.9 Å². The van der Waals surface area contributed by atoms with E-state index in [-0.39, 0.29) is 29.7 Å². The molecule has 10 nitrogen and oxygen atoms in total. The smallest absolute Gasteiger partial charge is 0.255 e. The number of Topliss-reactive ketones (excluding diaryl/α,β-unsaturated/α-hetero) is 2. The van der Waals surface area contributed by atoms with Crippen LogP contribution in [0.1, 0.15) is 39.9 Å². The molecule has 0 unspecified atom stereocenters. The van der Waals surface area contributed by atoms with Gasteiger partial charge in [0.05, 0.1) is 12.7 Å². The standard InChI is InChI=1S/C28H25NO9/c1-11-5-15(16-6-12(10-30)3-4-19(16)38-2)17-8-13-7-14-9-18(31)22(27(29)36)26(35)28(14,37)25(34)20(13)24(33)21(17)23(11)32/h3-6,10,13-14,32-33,35,37H,7-9H2,1-2H3,(H2,29,36)/t13-,14+,28+/m1/s1. The molecule has 1 fully saturated rings. The highest BCUT2D eigenvalue weighted by molar-refractivity contribution is 6.22. The zero-order valence-electron chi connectivity index (χ0n) is 20.6. The van der Waals surface area contributed by atoms with E-state index in [4.69, 9.17) is 10.5 Å². The Labute approximate surface area is 216 Å². The van der Waals surface area contributed by atoms with Crippen molar-refractivity contribution < 1.29 is 44.3 Å². The topological polar surface area (TPSA) is 184 Å². The van der Waals surface area contributed by atoms with Gasteiger partial charge in [-0.3, -0.25) is 19.2 Å². The summed E-state index contributed by atoms with van der Waals surface area (Å²) in [6.45, 7) is 1.60. The molecule has 3 aliphatic rings. The number of rotatable bonds is 4. The van der Waals surface area contributed by atoms with Crippen LogP contribution in [0.15, 0.2) is 41.2 Å². The molecule has 0 aliphatic heterocycles. The number of ether oxygens (including phenoxy) is 1. The normalized spacial score (nSPS) is 24.5. The summed E-state index contributed by atoms with van der Waals surface area (Å²) in [6.07, 6.45) is 0.427. The second kappa shape index (κ2) is 8.56. The third-order valence-electron chi connectivity index (χ3n) is 7.90. The van der Waals surface area contributed by atoms with E-state index in [1.165, 1.54) is 7.11 Å². The monoisotopic (exact) mass is 519 g/mol. The molecule has 196 valence electrons. The fourth-order valence-corrected chi connectivity index (χ4v) is 6.07. The van der Waals surface area contributed by atoms with Gasteiger partial charge in [-0.2, -0.15) is 0 Å². The zero-order valence-corrected chi connectivity index (χ0v) is 20.6. The molecule has 1 saturated carbocycles. The number of amides is 1. The zero-order chi connectivity index (χ0) is 27.7. The molecule has 0 heterocycles. The lowest BCUT2D eigenvalue weighted by atomic mass is 9.59. The minimum atomic E-state index is -2.63. The summed E-state index contributed by atoms with van der Waals surface area (Å²) in [5, 5.41) is 44.4. The van der Waals surface area contributed by atoms with Crippen LogP contribution < -0.4 is 10.5 Å². The van der Waals surface area contributed by atoms with Crippen molar-refractivity contribution in [2.24, 2.45) is 17.6 Å². The van der Waals surface area contributed by atoms with E-state index in [0.717, 1.165) is 0 Å². The van der Waals surface area contributed by atoms with Gasteiger partial charge in [0.15, 0.2) is 11.4 Å². The van der Waals surface area contributed by atoms with Gasteiger partial charge >= 0.3 is 0 Å². The van der Waals surface area contributed by atoms with Crippen molar-refractivity contribution in [3.63, 3.8) is 0 Å². The molecule has 5 rings (SSSR count). The minimum Gasteiger partial charge on any atom is -0.508 e. The molecule has 0 saturated heterocycles. The largest absolute Gasteiger partial charge is 0.508 e. The fourth-order valence-electron chi connectivity index (χ4n) is 6.07. The van der Waals surface area contributed by atoms with Crippen LogP contribution in [0.3, 0.4) is 0 Å². The Morgan fingerprint density at radius 2 is 1.84 bits per heavy atom. The van der Waals surface area contributed by atoms with Gasteiger partial charge in [0, 0.05) is 29.0 Å². The summed E-state index contributed by atoms with van der Waals surface area (Å²) >= 11 is 0. The summed E-state index contributed by atoms with van der Waals surface area (Å²) in [5.41, 5.74) is 3.84. The van der Waals surface area contributed by atoms with Crippen LogP contribution in [0.4, 0.5) is 0 Å².